The van der Waals surface area contributed by atoms with Gasteiger partial charge in [-0.3, -0.25) is 4.79 Å². The van der Waals surface area contributed by atoms with Gasteiger partial charge in [-0.25, -0.2) is 4.39 Å². The molecule has 0 saturated heterocycles. The van der Waals surface area contributed by atoms with E-state index in [0.717, 1.165) is 24.6 Å². The highest BCUT2D eigenvalue weighted by atomic mass is 19.1. The van der Waals surface area contributed by atoms with Crippen LogP contribution >= 0.6 is 0 Å². The number of hydrogen-bond acceptors (Lipinski definition) is 3. The van der Waals surface area contributed by atoms with Crippen LogP contribution in [0, 0.1) is 11.7 Å². The van der Waals surface area contributed by atoms with Crippen molar-refractivity contribution in [3.05, 3.63) is 29.6 Å². The summed E-state index contributed by atoms with van der Waals surface area (Å²) in [7, 11) is 0. The van der Waals surface area contributed by atoms with Crippen LogP contribution in [0.5, 0.6) is 5.75 Å². The van der Waals surface area contributed by atoms with Gasteiger partial charge in [0.25, 0.3) is 5.91 Å². The summed E-state index contributed by atoms with van der Waals surface area (Å²) in [4.78, 5) is 11.9. The van der Waals surface area contributed by atoms with Crippen molar-refractivity contribution in [2.24, 2.45) is 11.7 Å². The first-order valence-electron chi connectivity index (χ1n) is 5.93. The lowest BCUT2D eigenvalue weighted by molar-refractivity contribution is 0.0930. The Morgan fingerprint density at radius 3 is 2.72 bits per heavy atom. The molecule has 0 aliphatic heterocycles. The average molecular weight is 254 g/mol. The van der Waals surface area contributed by atoms with Crippen LogP contribution in [0.4, 0.5) is 4.39 Å². The largest absolute Gasteiger partial charge is 0.507 e. The fourth-order valence-electron chi connectivity index (χ4n) is 1.74. The van der Waals surface area contributed by atoms with Crippen LogP contribution in [-0.4, -0.2) is 23.6 Å². The van der Waals surface area contributed by atoms with Gasteiger partial charge in [-0.2, -0.15) is 0 Å². The van der Waals surface area contributed by atoms with Crippen LogP contribution in [0.25, 0.3) is 0 Å². The molecule has 0 aliphatic rings. The number of phenols is 1. The van der Waals surface area contributed by atoms with Crippen LogP contribution in [-0.2, 0) is 0 Å². The number of carbonyl (C=O) groups excluding carboxylic acids is 1. The molecule has 4 nitrogen and oxygen atoms in total. The number of halogens is 1. The van der Waals surface area contributed by atoms with Crippen molar-refractivity contribution in [1.29, 1.82) is 0 Å². The molecule has 1 atom stereocenters. The minimum Gasteiger partial charge on any atom is -0.507 e. The highest BCUT2D eigenvalue weighted by Crippen LogP contribution is 2.18. The van der Waals surface area contributed by atoms with E-state index in [9.17, 15) is 14.3 Å². The number of aromatic hydroxyl groups is 1. The smallest absolute Gasteiger partial charge is 0.255 e. The van der Waals surface area contributed by atoms with Crippen molar-refractivity contribution in [2.45, 2.75) is 26.3 Å². The van der Waals surface area contributed by atoms with Gasteiger partial charge in [-0.1, -0.05) is 13.8 Å². The lowest BCUT2D eigenvalue weighted by Crippen LogP contribution is -2.41. The fraction of sp³-hybridized carbons (Fsp3) is 0.462. The standard InChI is InChI=1S/C13H19FN2O2/c1-8(2)5-10(7-15)16-13(18)11-6-9(14)3-4-12(11)17/h3-4,6,8,10,17H,5,7,15H2,1-2H3,(H,16,18). The molecule has 4 N–H and O–H groups in total. The lowest BCUT2D eigenvalue weighted by Gasteiger charge is -2.19. The van der Waals surface area contributed by atoms with Crippen molar-refractivity contribution >= 4 is 5.91 Å². The van der Waals surface area contributed by atoms with Gasteiger partial charge in [0.2, 0.25) is 0 Å². The third kappa shape index (κ3) is 4.00. The number of phenolic OH excluding ortho intramolecular Hbond substituents is 1. The van der Waals surface area contributed by atoms with Gasteiger partial charge in [0.1, 0.15) is 11.6 Å². The molecule has 1 amide bonds. The number of hydrogen-bond donors (Lipinski definition) is 3. The molecule has 0 aliphatic carbocycles. The van der Waals surface area contributed by atoms with Gasteiger partial charge in [0.05, 0.1) is 5.56 Å². The second kappa shape index (κ2) is 6.35. The molecule has 0 spiro atoms. The SMILES string of the molecule is CC(C)CC(CN)NC(=O)c1cc(F)ccc1O. The van der Waals surface area contributed by atoms with Gasteiger partial charge in [-0.15, -0.1) is 0 Å². The molecule has 5 heteroatoms. The summed E-state index contributed by atoms with van der Waals surface area (Å²) in [5.74, 6) is -0.927. The van der Waals surface area contributed by atoms with Gasteiger partial charge in [0.15, 0.2) is 0 Å². The molecule has 18 heavy (non-hydrogen) atoms. The molecule has 0 bridgehead atoms. The fourth-order valence-corrected chi connectivity index (χ4v) is 1.74. The normalized spacial score (nSPS) is 12.5. The second-order valence-electron chi connectivity index (χ2n) is 4.70. The third-order valence-electron chi connectivity index (χ3n) is 2.58. The number of carbonyl (C=O) groups is 1. The first-order valence-corrected chi connectivity index (χ1v) is 5.93. The van der Waals surface area contributed by atoms with Gasteiger partial charge < -0.3 is 16.2 Å². The summed E-state index contributed by atoms with van der Waals surface area (Å²) in [6, 6.07) is 3.08. The molecule has 100 valence electrons. The molecule has 0 heterocycles. The van der Waals surface area contributed by atoms with Gasteiger partial charge >= 0.3 is 0 Å². The van der Waals surface area contributed by atoms with Crippen LogP contribution in [0.1, 0.15) is 30.6 Å². The van der Waals surface area contributed by atoms with Crippen molar-refractivity contribution < 1.29 is 14.3 Å². The number of nitrogens with two attached hydrogens (primary N) is 1. The lowest BCUT2D eigenvalue weighted by atomic mass is 10.0. The van der Waals surface area contributed by atoms with E-state index in [0.29, 0.717) is 12.5 Å². The van der Waals surface area contributed by atoms with E-state index in [-0.39, 0.29) is 17.4 Å². The maximum absolute atomic E-state index is 13.0. The molecule has 0 saturated carbocycles. The molecule has 1 aromatic rings. The third-order valence-corrected chi connectivity index (χ3v) is 2.58. The first kappa shape index (κ1) is 14.4. The Kier molecular flexibility index (Phi) is 5.09. The average Bonchev–Trinajstić information content (AvgIpc) is 2.30. The molecule has 1 rings (SSSR count). The minimum absolute atomic E-state index is 0.0720. The zero-order valence-electron chi connectivity index (χ0n) is 10.6. The van der Waals surface area contributed by atoms with E-state index in [2.05, 4.69) is 5.32 Å². The Morgan fingerprint density at radius 1 is 1.50 bits per heavy atom. The molecule has 0 aromatic heterocycles. The number of nitrogens with one attached hydrogen (secondary N) is 1. The molecular weight excluding hydrogens is 235 g/mol. The van der Waals surface area contributed by atoms with E-state index in [1.54, 1.807) is 0 Å². The van der Waals surface area contributed by atoms with Crippen LogP contribution in [0.2, 0.25) is 0 Å². The summed E-state index contributed by atoms with van der Waals surface area (Å²) < 4.78 is 13.0. The molecule has 1 aromatic carbocycles. The van der Waals surface area contributed by atoms with Crippen molar-refractivity contribution in [3.63, 3.8) is 0 Å². The maximum atomic E-state index is 13.0. The van der Waals surface area contributed by atoms with Crippen molar-refractivity contribution in [3.8, 4) is 5.75 Å². The number of benzene rings is 1. The minimum atomic E-state index is -0.564. The summed E-state index contributed by atoms with van der Waals surface area (Å²) in [6.07, 6.45) is 0.734. The Labute approximate surface area is 106 Å². The Bertz CT molecular complexity index is 421. The summed E-state index contributed by atoms with van der Waals surface area (Å²) in [5, 5.41) is 12.2. The highest BCUT2D eigenvalue weighted by Gasteiger charge is 2.17. The van der Waals surface area contributed by atoms with E-state index in [1.807, 2.05) is 13.8 Å². The summed E-state index contributed by atoms with van der Waals surface area (Å²) >= 11 is 0. The molecule has 0 fully saturated rings. The molecule has 0 radical (unpaired) electrons. The predicted octanol–water partition coefficient (Wildman–Crippen LogP) is 1.63. The zero-order chi connectivity index (χ0) is 13.7. The molecule has 1 unspecified atom stereocenters. The monoisotopic (exact) mass is 254 g/mol. The van der Waals surface area contributed by atoms with Gasteiger partial charge in [-0.05, 0) is 30.5 Å². The van der Waals surface area contributed by atoms with Crippen molar-refractivity contribution in [1.82, 2.24) is 5.32 Å². The van der Waals surface area contributed by atoms with Crippen molar-refractivity contribution in [2.75, 3.05) is 6.54 Å². The van der Waals surface area contributed by atoms with Crippen LogP contribution in [0.15, 0.2) is 18.2 Å². The van der Waals surface area contributed by atoms with E-state index in [4.69, 9.17) is 5.73 Å². The van der Waals surface area contributed by atoms with Gasteiger partial charge in [0, 0.05) is 12.6 Å². The second-order valence-corrected chi connectivity index (χ2v) is 4.70. The van der Waals surface area contributed by atoms with E-state index >= 15 is 0 Å². The Hall–Kier alpha value is -1.62. The number of rotatable bonds is 5. The van der Waals surface area contributed by atoms with Crippen LogP contribution in [0.3, 0.4) is 0 Å². The quantitative estimate of drug-likeness (QED) is 0.747. The topological polar surface area (TPSA) is 75.3 Å². The molecular formula is C13H19FN2O2. The summed E-state index contributed by atoms with van der Waals surface area (Å²) in [6.45, 7) is 4.35. The van der Waals surface area contributed by atoms with E-state index in [1.165, 1.54) is 0 Å². The zero-order valence-corrected chi connectivity index (χ0v) is 10.6. The summed E-state index contributed by atoms with van der Waals surface area (Å²) in [5.41, 5.74) is 5.49. The Balaban J connectivity index is 2.77. The number of amides is 1. The maximum Gasteiger partial charge on any atom is 0.255 e. The van der Waals surface area contributed by atoms with E-state index < -0.39 is 11.7 Å². The van der Waals surface area contributed by atoms with Crippen LogP contribution < -0.4 is 11.1 Å². The Morgan fingerprint density at radius 2 is 2.17 bits per heavy atom. The highest BCUT2D eigenvalue weighted by molar-refractivity contribution is 5.96. The predicted molar refractivity (Wildman–Crippen MR) is 67.8 cm³/mol. The first-order chi connectivity index (χ1) is 8.43.